The van der Waals surface area contributed by atoms with Gasteiger partial charge >= 0.3 is 0 Å². The molecule has 0 amide bonds. The van der Waals surface area contributed by atoms with Crippen molar-refractivity contribution in [2.75, 3.05) is 19.8 Å². The van der Waals surface area contributed by atoms with Gasteiger partial charge in [0.25, 0.3) is 0 Å². The lowest BCUT2D eigenvalue weighted by atomic mass is 10.1. The van der Waals surface area contributed by atoms with Crippen LogP contribution < -0.4 is 5.32 Å². The molecule has 0 aromatic rings. The largest absolute Gasteiger partial charge is 0.394 e. The fraction of sp³-hybridized carbons (Fsp3) is 1.00. The molecule has 1 atom stereocenters. The van der Waals surface area contributed by atoms with Gasteiger partial charge in [-0.15, -0.1) is 0 Å². The number of hydrogen-bond donors (Lipinski definition) is 2. The lowest BCUT2D eigenvalue weighted by Crippen LogP contribution is -2.50. The Morgan fingerprint density at radius 3 is 2.60 bits per heavy atom. The Hall–Kier alpha value is -0.120. The van der Waals surface area contributed by atoms with Crippen molar-refractivity contribution in [3.8, 4) is 0 Å². The predicted octanol–water partition coefficient (Wildman–Crippen LogP) is 1.31. The van der Waals surface area contributed by atoms with Crippen LogP contribution in [0.25, 0.3) is 0 Å². The van der Waals surface area contributed by atoms with Gasteiger partial charge in [-0.3, -0.25) is 0 Å². The van der Waals surface area contributed by atoms with Crippen molar-refractivity contribution in [2.45, 2.75) is 50.6 Å². The first-order chi connectivity index (χ1) is 7.22. The fourth-order valence-electron chi connectivity index (χ4n) is 1.81. The van der Waals surface area contributed by atoms with Gasteiger partial charge in [0.15, 0.2) is 0 Å². The molecule has 3 nitrogen and oxygen atoms in total. The van der Waals surface area contributed by atoms with Gasteiger partial charge in [0, 0.05) is 12.6 Å². The minimum Gasteiger partial charge on any atom is -0.394 e. The highest BCUT2D eigenvalue weighted by molar-refractivity contribution is 4.92. The summed E-state index contributed by atoms with van der Waals surface area (Å²) in [6.07, 6.45) is 6.47. The number of nitrogens with one attached hydrogen (secondary N) is 1. The molecule has 0 radical (unpaired) electrons. The van der Waals surface area contributed by atoms with Crippen LogP contribution in [0.3, 0.4) is 0 Å². The van der Waals surface area contributed by atoms with Crippen molar-refractivity contribution < 1.29 is 9.84 Å². The molecule has 0 heterocycles. The number of aliphatic hydroxyl groups is 1. The highest BCUT2D eigenvalue weighted by atomic mass is 16.5. The topological polar surface area (TPSA) is 41.5 Å². The molecule has 15 heavy (non-hydrogen) atoms. The SMILES string of the molecule is CC(CO)(COCCC1CC1)NC1CC1. The summed E-state index contributed by atoms with van der Waals surface area (Å²) < 4.78 is 5.65. The van der Waals surface area contributed by atoms with Gasteiger partial charge in [0.2, 0.25) is 0 Å². The zero-order valence-corrected chi connectivity index (χ0v) is 9.67. The molecule has 2 aliphatic rings. The van der Waals surface area contributed by atoms with E-state index in [9.17, 15) is 5.11 Å². The molecule has 2 fully saturated rings. The van der Waals surface area contributed by atoms with Crippen molar-refractivity contribution in [3.05, 3.63) is 0 Å². The van der Waals surface area contributed by atoms with Crippen molar-refractivity contribution >= 4 is 0 Å². The molecule has 88 valence electrons. The average Bonchev–Trinajstić information content (AvgIpc) is 3.07. The van der Waals surface area contributed by atoms with Crippen molar-refractivity contribution in [1.82, 2.24) is 5.32 Å². The number of hydrogen-bond acceptors (Lipinski definition) is 3. The smallest absolute Gasteiger partial charge is 0.0668 e. The molecule has 2 N–H and O–H groups in total. The summed E-state index contributed by atoms with van der Waals surface area (Å²) in [6.45, 7) is 3.69. The Bertz CT molecular complexity index is 202. The van der Waals surface area contributed by atoms with Crippen LogP contribution in [0.1, 0.15) is 39.0 Å². The van der Waals surface area contributed by atoms with Crippen molar-refractivity contribution in [3.63, 3.8) is 0 Å². The van der Waals surface area contributed by atoms with E-state index in [1.807, 2.05) is 6.92 Å². The standard InChI is InChI=1S/C12H23NO2/c1-12(8-14,13-11-4-5-11)9-15-7-6-10-2-3-10/h10-11,13-14H,2-9H2,1H3. The Labute approximate surface area is 92.2 Å². The zero-order valence-electron chi connectivity index (χ0n) is 9.67. The van der Waals surface area contributed by atoms with E-state index in [0.29, 0.717) is 12.6 Å². The first-order valence-electron chi connectivity index (χ1n) is 6.18. The molecule has 1 unspecified atom stereocenters. The predicted molar refractivity (Wildman–Crippen MR) is 59.8 cm³/mol. The van der Waals surface area contributed by atoms with Crippen LogP contribution in [0, 0.1) is 5.92 Å². The first kappa shape index (κ1) is 11.4. The summed E-state index contributed by atoms with van der Waals surface area (Å²) in [5.41, 5.74) is -0.231. The second kappa shape index (κ2) is 4.81. The van der Waals surface area contributed by atoms with E-state index in [4.69, 9.17) is 4.74 Å². The molecular weight excluding hydrogens is 190 g/mol. The summed E-state index contributed by atoms with van der Waals surface area (Å²) in [4.78, 5) is 0. The fourth-order valence-corrected chi connectivity index (χ4v) is 1.81. The molecule has 2 saturated carbocycles. The van der Waals surface area contributed by atoms with Crippen LogP contribution in [0.4, 0.5) is 0 Å². The van der Waals surface area contributed by atoms with E-state index in [2.05, 4.69) is 5.32 Å². The normalized spacial score (nSPS) is 25.2. The lowest BCUT2D eigenvalue weighted by Gasteiger charge is -2.28. The van der Waals surface area contributed by atoms with Crippen LogP contribution in [0.15, 0.2) is 0 Å². The Kier molecular flexibility index (Phi) is 3.65. The third kappa shape index (κ3) is 4.09. The molecule has 3 heteroatoms. The summed E-state index contributed by atoms with van der Waals surface area (Å²) in [5, 5.41) is 12.8. The number of ether oxygens (including phenoxy) is 1. The molecule has 2 rings (SSSR count). The molecule has 2 aliphatic carbocycles. The van der Waals surface area contributed by atoms with Gasteiger partial charge in [0.05, 0.1) is 18.8 Å². The highest BCUT2D eigenvalue weighted by Gasteiger charge is 2.32. The van der Waals surface area contributed by atoms with E-state index < -0.39 is 0 Å². The Balaban J connectivity index is 1.59. The summed E-state index contributed by atoms with van der Waals surface area (Å²) >= 11 is 0. The first-order valence-corrected chi connectivity index (χ1v) is 6.18. The van der Waals surface area contributed by atoms with E-state index in [-0.39, 0.29) is 12.1 Å². The van der Waals surface area contributed by atoms with Crippen LogP contribution in [-0.2, 0) is 4.74 Å². The second-order valence-electron chi connectivity index (χ2n) is 5.42. The van der Waals surface area contributed by atoms with Crippen LogP contribution in [-0.4, -0.2) is 36.5 Å². The number of aliphatic hydroxyl groups excluding tert-OH is 1. The van der Waals surface area contributed by atoms with Gasteiger partial charge in [-0.1, -0.05) is 12.8 Å². The van der Waals surface area contributed by atoms with Crippen LogP contribution >= 0.6 is 0 Å². The van der Waals surface area contributed by atoms with Gasteiger partial charge in [0.1, 0.15) is 0 Å². The van der Waals surface area contributed by atoms with Gasteiger partial charge in [-0.25, -0.2) is 0 Å². The minimum atomic E-state index is -0.231. The quantitative estimate of drug-likeness (QED) is 0.597. The van der Waals surface area contributed by atoms with E-state index in [1.165, 1.54) is 32.1 Å². The van der Waals surface area contributed by atoms with Gasteiger partial charge < -0.3 is 15.2 Å². The summed E-state index contributed by atoms with van der Waals surface area (Å²) in [6, 6.07) is 0.620. The molecule has 0 aromatic carbocycles. The maximum absolute atomic E-state index is 9.34. The molecule has 0 spiro atoms. The van der Waals surface area contributed by atoms with E-state index >= 15 is 0 Å². The zero-order chi connectivity index (χ0) is 10.7. The van der Waals surface area contributed by atoms with Crippen molar-refractivity contribution in [1.29, 1.82) is 0 Å². The molecule has 0 aliphatic heterocycles. The molecular formula is C12H23NO2. The average molecular weight is 213 g/mol. The molecule has 0 aromatic heterocycles. The summed E-state index contributed by atoms with van der Waals surface area (Å²) in [5.74, 6) is 0.932. The van der Waals surface area contributed by atoms with Gasteiger partial charge in [-0.05, 0) is 32.1 Å². The summed E-state index contributed by atoms with van der Waals surface area (Å²) in [7, 11) is 0. The second-order valence-corrected chi connectivity index (χ2v) is 5.42. The number of rotatable bonds is 8. The third-order valence-electron chi connectivity index (χ3n) is 3.27. The van der Waals surface area contributed by atoms with E-state index in [1.54, 1.807) is 0 Å². The van der Waals surface area contributed by atoms with Crippen LogP contribution in [0.5, 0.6) is 0 Å². The Morgan fingerprint density at radius 1 is 1.33 bits per heavy atom. The minimum absolute atomic E-state index is 0.160. The lowest BCUT2D eigenvalue weighted by molar-refractivity contribution is 0.0409. The van der Waals surface area contributed by atoms with Gasteiger partial charge in [-0.2, -0.15) is 0 Å². The maximum atomic E-state index is 9.34. The van der Waals surface area contributed by atoms with Crippen LogP contribution in [0.2, 0.25) is 0 Å². The monoisotopic (exact) mass is 213 g/mol. The van der Waals surface area contributed by atoms with E-state index in [0.717, 1.165) is 12.5 Å². The molecule has 0 saturated heterocycles. The molecule has 0 bridgehead atoms. The maximum Gasteiger partial charge on any atom is 0.0668 e. The Morgan fingerprint density at radius 2 is 2.07 bits per heavy atom. The third-order valence-corrected chi connectivity index (χ3v) is 3.27. The van der Waals surface area contributed by atoms with Crippen molar-refractivity contribution in [2.24, 2.45) is 5.92 Å². The highest BCUT2D eigenvalue weighted by Crippen LogP contribution is 2.32.